The molecule has 0 amide bonds. The van der Waals surface area contributed by atoms with Crippen molar-refractivity contribution in [3.63, 3.8) is 0 Å². The largest absolute Gasteiger partial charge is 0.381 e. The van der Waals surface area contributed by atoms with Gasteiger partial charge in [0.05, 0.1) is 0 Å². The molecule has 21 heavy (non-hydrogen) atoms. The van der Waals surface area contributed by atoms with Crippen molar-refractivity contribution >= 4 is 11.6 Å². The summed E-state index contributed by atoms with van der Waals surface area (Å²) >= 11 is 6.06. The Balaban J connectivity index is 1.75. The van der Waals surface area contributed by atoms with Gasteiger partial charge in [-0.05, 0) is 61.8 Å². The minimum Gasteiger partial charge on any atom is -0.381 e. The predicted octanol–water partition coefficient (Wildman–Crippen LogP) is 4.17. The van der Waals surface area contributed by atoms with E-state index in [2.05, 4.69) is 24.4 Å². The molecule has 1 saturated heterocycles. The Morgan fingerprint density at radius 2 is 1.81 bits per heavy atom. The van der Waals surface area contributed by atoms with Crippen LogP contribution in [0.5, 0.6) is 0 Å². The number of nitrogens with one attached hydrogen (secondary N) is 1. The lowest BCUT2D eigenvalue weighted by atomic mass is 9.48. The highest BCUT2D eigenvalue weighted by Crippen LogP contribution is 2.60. The third kappa shape index (κ3) is 3.13. The van der Waals surface area contributed by atoms with Crippen LogP contribution in [-0.2, 0) is 10.2 Å². The van der Waals surface area contributed by atoms with E-state index in [1.54, 1.807) is 0 Å². The van der Waals surface area contributed by atoms with Crippen LogP contribution in [0.3, 0.4) is 0 Å². The van der Waals surface area contributed by atoms with Gasteiger partial charge >= 0.3 is 0 Å². The topological polar surface area (TPSA) is 21.3 Å². The quantitative estimate of drug-likeness (QED) is 0.824. The van der Waals surface area contributed by atoms with Crippen LogP contribution < -0.4 is 5.32 Å². The zero-order chi connectivity index (χ0) is 14.8. The van der Waals surface area contributed by atoms with E-state index >= 15 is 0 Å². The summed E-state index contributed by atoms with van der Waals surface area (Å²) in [6, 6.07) is 8.52. The summed E-state index contributed by atoms with van der Waals surface area (Å²) in [4.78, 5) is 0. The van der Waals surface area contributed by atoms with Gasteiger partial charge in [-0.15, -0.1) is 0 Å². The van der Waals surface area contributed by atoms with Crippen LogP contribution in [0, 0.1) is 5.41 Å². The Kier molecular flexibility index (Phi) is 4.58. The summed E-state index contributed by atoms with van der Waals surface area (Å²) in [5, 5.41) is 4.48. The molecule has 1 saturated carbocycles. The van der Waals surface area contributed by atoms with Crippen LogP contribution in [0.15, 0.2) is 24.3 Å². The number of hydrogen-bond donors (Lipinski definition) is 1. The molecule has 116 valence electrons. The van der Waals surface area contributed by atoms with Crippen molar-refractivity contribution in [3.8, 4) is 0 Å². The molecule has 0 radical (unpaired) electrons. The molecule has 1 aliphatic carbocycles. The van der Waals surface area contributed by atoms with Crippen LogP contribution in [0.1, 0.15) is 44.6 Å². The van der Waals surface area contributed by atoms with Crippen molar-refractivity contribution in [2.75, 3.05) is 26.3 Å². The minimum atomic E-state index is 0.303. The molecule has 1 N–H and O–H groups in total. The van der Waals surface area contributed by atoms with Gasteiger partial charge in [-0.3, -0.25) is 0 Å². The van der Waals surface area contributed by atoms with Gasteiger partial charge in [0.2, 0.25) is 0 Å². The maximum absolute atomic E-state index is 6.06. The smallest absolute Gasteiger partial charge is 0.0471 e. The van der Waals surface area contributed by atoms with E-state index in [9.17, 15) is 0 Å². The molecule has 2 nitrogen and oxygen atoms in total. The zero-order valence-corrected chi connectivity index (χ0v) is 13.7. The summed E-state index contributed by atoms with van der Waals surface area (Å²) in [6.07, 6.45) is 6.24. The number of hydrogen-bond acceptors (Lipinski definition) is 2. The zero-order valence-electron chi connectivity index (χ0n) is 13.0. The van der Waals surface area contributed by atoms with Gasteiger partial charge in [-0.1, -0.05) is 30.7 Å². The van der Waals surface area contributed by atoms with Crippen molar-refractivity contribution in [1.29, 1.82) is 0 Å². The third-order valence-corrected chi connectivity index (χ3v) is 5.58. The Hall–Kier alpha value is -0.570. The van der Waals surface area contributed by atoms with Gasteiger partial charge in [0.1, 0.15) is 0 Å². The van der Waals surface area contributed by atoms with Gasteiger partial charge in [0, 0.05) is 30.2 Å². The molecule has 0 unspecified atom stereocenters. The van der Waals surface area contributed by atoms with Crippen LogP contribution in [-0.4, -0.2) is 26.3 Å². The Morgan fingerprint density at radius 1 is 1.14 bits per heavy atom. The van der Waals surface area contributed by atoms with Crippen LogP contribution in [0.25, 0.3) is 0 Å². The molecular formula is C18H26ClNO. The molecular weight excluding hydrogens is 282 g/mol. The maximum Gasteiger partial charge on any atom is 0.0471 e. The van der Waals surface area contributed by atoms with E-state index in [1.165, 1.54) is 37.7 Å². The second-order valence-electron chi connectivity index (χ2n) is 6.93. The van der Waals surface area contributed by atoms with E-state index in [0.29, 0.717) is 10.8 Å². The van der Waals surface area contributed by atoms with Crippen LogP contribution >= 0.6 is 11.6 Å². The standard InChI is InChI=1S/C18H26ClNO/c1-2-9-20-14-18(15-3-5-16(19)6-4-15)12-17(13-18)7-10-21-11-8-17/h3-6,20H,2,7-14H2,1H3. The van der Waals surface area contributed by atoms with Crippen molar-refractivity contribution in [2.45, 2.75) is 44.4 Å². The molecule has 0 aromatic heterocycles. The van der Waals surface area contributed by atoms with Gasteiger partial charge in [0.25, 0.3) is 0 Å². The average molecular weight is 308 g/mol. The van der Waals surface area contributed by atoms with E-state index in [0.717, 1.165) is 31.3 Å². The molecule has 1 aromatic carbocycles. The molecule has 0 atom stereocenters. The molecule has 2 fully saturated rings. The van der Waals surface area contributed by atoms with Gasteiger partial charge in [-0.25, -0.2) is 0 Å². The first kappa shape index (κ1) is 15.3. The molecule has 2 aliphatic rings. The second-order valence-corrected chi connectivity index (χ2v) is 7.37. The van der Waals surface area contributed by atoms with Crippen LogP contribution in [0.2, 0.25) is 5.02 Å². The highest BCUT2D eigenvalue weighted by Gasteiger charge is 2.54. The van der Waals surface area contributed by atoms with Crippen molar-refractivity contribution in [1.82, 2.24) is 5.32 Å². The summed E-state index contributed by atoms with van der Waals surface area (Å²) in [5.74, 6) is 0. The first-order chi connectivity index (χ1) is 10.2. The van der Waals surface area contributed by atoms with Gasteiger partial charge < -0.3 is 10.1 Å². The Labute approximate surface area is 133 Å². The maximum atomic E-state index is 6.06. The Morgan fingerprint density at radius 3 is 2.43 bits per heavy atom. The lowest BCUT2D eigenvalue weighted by Crippen LogP contribution is -2.56. The lowest BCUT2D eigenvalue weighted by molar-refractivity contribution is -0.0736. The van der Waals surface area contributed by atoms with Gasteiger partial charge in [0.15, 0.2) is 0 Å². The molecule has 3 rings (SSSR count). The first-order valence-corrected chi connectivity index (χ1v) is 8.60. The average Bonchev–Trinajstić information content (AvgIpc) is 2.47. The summed E-state index contributed by atoms with van der Waals surface area (Å²) in [6.45, 7) is 6.30. The highest BCUT2D eigenvalue weighted by atomic mass is 35.5. The molecule has 3 heteroatoms. The van der Waals surface area contributed by atoms with Crippen LogP contribution in [0.4, 0.5) is 0 Å². The molecule has 1 aromatic rings. The van der Waals surface area contributed by atoms with Crippen molar-refractivity contribution in [2.24, 2.45) is 5.41 Å². The number of ether oxygens (including phenoxy) is 1. The molecule has 1 heterocycles. The first-order valence-electron chi connectivity index (χ1n) is 8.23. The summed E-state index contributed by atoms with van der Waals surface area (Å²) < 4.78 is 5.56. The number of halogens is 1. The molecule has 1 aliphatic heterocycles. The monoisotopic (exact) mass is 307 g/mol. The SMILES string of the molecule is CCCNCC1(c2ccc(Cl)cc2)CC2(CCOCC2)C1. The fraction of sp³-hybridized carbons (Fsp3) is 0.667. The van der Waals surface area contributed by atoms with E-state index < -0.39 is 0 Å². The fourth-order valence-corrected chi connectivity index (χ4v) is 4.41. The van der Waals surface area contributed by atoms with Gasteiger partial charge in [-0.2, -0.15) is 0 Å². The Bertz CT molecular complexity index is 457. The minimum absolute atomic E-state index is 0.303. The predicted molar refractivity (Wildman–Crippen MR) is 88.0 cm³/mol. The summed E-state index contributed by atoms with van der Waals surface area (Å²) in [7, 11) is 0. The van der Waals surface area contributed by atoms with Crippen molar-refractivity contribution < 1.29 is 4.74 Å². The molecule has 1 spiro atoms. The van der Waals surface area contributed by atoms with E-state index in [-0.39, 0.29) is 0 Å². The number of rotatable bonds is 5. The second kappa shape index (κ2) is 6.28. The normalized spacial score (nSPS) is 23.0. The third-order valence-electron chi connectivity index (χ3n) is 5.33. The van der Waals surface area contributed by atoms with Crippen molar-refractivity contribution in [3.05, 3.63) is 34.9 Å². The lowest BCUT2D eigenvalue weighted by Gasteiger charge is -2.58. The summed E-state index contributed by atoms with van der Waals surface area (Å²) in [5.41, 5.74) is 2.29. The van der Waals surface area contributed by atoms with E-state index in [1.807, 2.05) is 12.1 Å². The van der Waals surface area contributed by atoms with E-state index in [4.69, 9.17) is 16.3 Å². The fourth-order valence-electron chi connectivity index (χ4n) is 4.28. The highest BCUT2D eigenvalue weighted by molar-refractivity contribution is 6.30. The molecule has 0 bridgehead atoms. The number of benzene rings is 1.